The number of halogens is 2. The average Bonchev–Trinajstić information content (AvgIpc) is 2.78. The first-order valence-electron chi connectivity index (χ1n) is 5.96. The van der Waals surface area contributed by atoms with Crippen LogP contribution in [0.2, 0.25) is 8.67 Å². The first-order valence-corrected chi connectivity index (χ1v) is 7.53. The fraction of sp³-hybridized carbons (Fsp3) is 0.214. The molecule has 6 heteroatoms. The quantitative estimate of drug-likeness (QED) is 0.899. The van der Waals surface area contributed by atoms with E-state index in [-0.39, 0.29) is 5.91 Å². The number of rotatable bonds is 5. The first-order chi connectivity index (χ1) is 9.60. The first kappa shape index (κ1) is 15.2. The van der Waals surface area contributed by atoms with Gasteiger partial charge < -0.3 is 10.1 Å². The summed E-state index contributed by atoms with van der Waals surface area (Å²) in [6.45, 7) is 0.537. The molecule has 0 aliphatic carbocycles. The molecule has 0 aliphatic heterocycles. The highest BCUT2D eigenvalue weighted by molar-refractivity contribution is 7.20. The zero-order valence-electron chi connectivity index (χ0n) is 10.8. The molecule has 0 unspecified atom stereocenters. The molecule has 0 spiro atoms. The predicted octanol–water partition coefficient (Wildman–Crippen LogP) is 4.04. The predicted molar refractivity (Wildman–Crippen MR) is 83.4 cm³/mol. The van der Waals surface area contributed by atoms with E-state index >= 15 is 0 Å². The van der Waals surface area contributed by atoms with Crippen molar-refractivity contribution in [1.29, 1.82) is 0 Å². The number of hydrogen-bond donors (Lipinski definition) is 1. The van der Waals surface area contributed by atoms with E-state index in [1.54, 1.807) is 13.2 Å². The van der Waals surface area contributed by atoms with Crippen molar-refractivity contribution in [3.8, 4) is 5.75 Å². The fourth-order valence-corrected chi connectivity index (χ4v) is 3.16. The minimum Gasteiger partial charge on any atom is -0.497 e. The zero-order valence-corrected chi connectivity index (χ0v) is 13.1. The van der Waals surface area contributed by atoms with Gasteiger partial charge in [0.2, 0.25) is 0 Å². The number of ether oxygens (including phenoxy) is 1. The van der Waals surface area contributed by atoms with E-state index in [2.05, 4.69) is 5.32 Å². The number of hydrogen-bond acceptors (Lipinski definition) is 3. The van der Waals surface area contributed by atoms with E-state index < -0.39 is 0 Å². The highest BCUT2D eigenvalue weighted by Gasteiger charge is 2.13. The summed E-state index contributed by atoms with van der Waals surface area (Å²) >= 11 is 12.9. The molecule has 106 valence electrons. The van der Waals surface area contributed by atoms with Gasteiger partial charge in [0.1, 0.15) is 10.1 Å². The SMILES string of the molecule is COc1ccc(CCNC(=O)c2cc(Cl)sc2Cl)cc1. The van der Waals surface area contributed by atoms with Gasteiger partial charge in [-0.05, 0) is 30.2 Å². The average molecular weight is 330 g/mol. The van der Waals surface area contributed by atoms with Gasteiger partial charge in [-0.1, -0.05) is 35.3 Å². The lowest BCUT2D eigenvalue weighted by atomic mass is 10.1. The number of benzene rings is 1. The number of nitrogens with one attached hydrogen (secondary N) is 1. The Morgan fingerprint density at radius 2 is 2.00 bits per heavy atom. The zero-order chi connectivity index (χ0) is 14.5. The van der Waals surface area contributed by atoms with Crippen LogP contribution in [0.4, 0.5) is 0 Å². The van der Waals surface area contributed by atoms with Gasteiger partial charge >= 0.3 is 0 Å². The van der Waals surface area contributed by atoms with E-state index in [1.807, 2.05) is 24.3 Å². The van der Waals surface area contributed by atoms with Crippen molar-refractivity contribution in [2.24, 2.45) is 0 Å². The van der Waals surface area contributed by atoms with Crippen molar-refractivity contribution in [2.75, 3.05) is 13.7 Å². The fourth-order valence-electron chi connectivity index (χ4n) is 1.70. The van der Waals surface area contributed by atoms with Crippen LogP contribution < -0.4 is 10.1 Å². The molecule has 0 bridgehead atoms. The monoisotopic (exact) mass is 329 g/mol. The molecule has 0 saturated carbocycles. The van der Waals surface area contributed by atoms with Gasteiger partial charge in [-0.3, -0.25) is 4.79 Å². The topological polar surface area (TPSA) is 38.3 Å². The van der Waals surface area contributed by atoms with Crippen molar-refractivity contribution in [2.45, 2.75) is 6.42 Å². The van der Waals surface area contributed by atoms with Crippen LogP contribution in [-0.2, 0) is 6.42 Å². The third-order valence-corrected chi connectivity index (χ3v) is 4.25. The second-order valence-electron chi connectivity index (χ2n) is 4.09. The second-order valence-corrected chi connectivity index (χ2v) is 6.38. The highest BCUT2D eigenvalue weighted by atomic mass is 35.5. The van der Waals surface area contributed by atoms with E-state index in [0.29, 0.717) is 20.8 Å². The number of carbonyl (C=O) groups is 1. The minimum absolute atomic E-state index is 0.202. The molecule has 2 rings (SSSR count). The van der Waals surface area contributed by atoms with Gasteiger partial charge in [0.25, 0.3) is 5.91 Å². The molecule has 3 nitrogen and oxygen atoms in total. The normalized spacial score (nSPS) is 10.3. The van der Waals surface area contributed by atoms with E-state index in [1.165, 1.54) is 11.3 Å². The van der Waals surface area contributed by atoms with Crippen LogP contribution in [-0.4, -0.2) is 19.6 Å². The molecule has 1 aromatic carbocycles. The van der Waals surface area contributed by atoms with Crippen LogP contribution in [0, 0.1) is 0 Å². The van der Waals surface area contributed by atoms with E-state index in [4.69, 9.17) is 27.9 Å². The summed E-state index contributed by atoms with van der Waals surface area (Å²) < 4.78 is 6.01. The van der Waals surface area contributed by atoms with Crippen LogP contribution in [0.1, 0.15) is 15.9 Å². The maximum absolute atomic E-state index is 11.9. The summed E-state index contributed by atoms with van der Waals surface area (Å²) in [5, 5.41) is 2.82. The Labute approximate surface area is 131 Å². The molecular formula is C14H13Cl2NO2S. The molecule has 1 amide bonds. The van der Waals surface area contributed by atoms with Crippen LogP contribution in [0.3, 0.4) is 0 Å². The molecular weight excluding hydrogens is 317 g/mol. The molecule has 2 aromatic rings. The largest absolute Gasteiger partial charge is 0.497 e. The lowest BCUT2D eigenvalue weighted by Crippen LogP contribution is -2.25. The van der Waals surface area contributed by atoms with Gasteiger partial charge in [-0.25, -0.2) is 0 Å². The lowest BCUT2D eigenvalue weighted by Gasteiger charge is -2.05. The van der Waals surface area contributed by atoms with Crippen LogP contribution >= 0.6 is 34.5 Å². The molecule has 0 radical (unpaired) electrons. The Balaban J connectivity index is 1.86. The van der Waals surface area contributed by atoms with Gasteiger partial charge in [-0.15, -0.1) is 11.3 Å². The standard InChI is InChI=1S/C14H13Cl2NO2S/c1-19-10-4-2-9(3-5-10)6-7-17-14(18)11-8-12(15)20-13(11)16/h2-5,8H,6-7H2,1H3,(H,17,18). The molecule has 1 heterocycles. The number of thiophene rings is 1. The van der Waals surface area contributed by atoms with E-state index in [0.717, 1.165) is 17.7 Å². The Kier molecular flexibility index (Phi) is 5.29. The van der Waals surface area contributed by atoms with Crippen LogP contribution in [0.25, 0.3) is 0 Å². The van der Waals surface area contributed by atoms with Crippen molar-refractivity contribution in [3.05, 3.63) is 50.1 Å². The summed E-state index contributed by atoms with van der Waals surface area (Å²) in [6.07, 6.45) is 0.741. The third kappa shape index (κ3) is 3.88. The van der Waals surface area contributed by atoms with Crippen molar-refractivity contribution in [3.63, 3.8) is 0 Å². The molecule has 0 aliphatic rings. The van der Waals surface area contributed by atoms with Gasteiger partial charge in [0.05, 0.1) is 17.0 Å². The smallest absolute Gasteiger partial charge is 0.253 e. The molecule has 1 N–H and O–H groups in total. The number of methoxy groups -OCH3 is 1. The molecule has 0 atom stereocenters. The molecule has 0 fully saturated rings. The minimum atomic E-state index is -0.202. The molecule has 1 aromatic heterocycles. The molecule has 20 heavy (non-hydrogen) atoms. The number of carbonyl (C=O) groups excluding carboxylic acids is 1. The van der Waals surface area contributed by atoms with Crippen molar-refractivity contribution >= 4 is 40.4 Å². The Morgan fingerprint density at radius 3 is 2.55 bits per heavy atom. The maximum Gasteiger partial charge on any atom is 0.253 e. The van der Waals surface area contributed by atoms with Crippen LogP contribution in [0.15, 0.2) is 30.3 Å². The van der Waals surface area contributed by atoms with E-state index in [9.17, 15) is 4.79 Å². The Bertz CT molecular complexity index is 596. The number of amides is 1. The molecule has 0 saturated heterocycles. The summed E-state index contributed by atoms with van der Waals surface area (Å²) in [5.74, 6) is 0.615. The summed E-state index contributed by atoms with van der Waals surface area (Å²) in [6, 6.07) is 9.31. The second kappa shape index (κ2) is 6.97. The Morgan fingerprint density at radius 1 is 1.30 bits per heavy atom. The van der Waals surface area contributed by atoms with Gasteiger partial charge in [0, 0.05) is 6.54 Å². The summed E-state index contributed by atoms with van der Waals surface area (Å²) in [4.78, 5) is 11.9. The van der Waals surface area contributed by atoms with Crippen molar-refractivity contribution < 1.29 is 9.53 Å². The highest BCUT2D eigenvalue weighted by Crippen LogP contribution is 2.30. The van der Waals surface area contributed by atoms with Crippen LogP contribution in [0.5, 0.6) is 5.75 Å². The Hall–Kier alpha value is -1.23. The summed E-state index contributed by atoms with van der Waals surface area (Å²) in [7, 11) is 1.63. The lowest BCUT2D eigenvalue weighted by molar-refractivity contribution is 0.0954. The van der Waals surface area contributed by atoms with Gasteiger partial charge in [-0.2, -0.15) is 0 Å². The third-order valence-electron chi connectivity index (χ3n) is 2.76. The maximum atomic E-state index is 11.9. The van der Waals surface area contributed by atoms with Crippen molar-refractivity contribution in [1.82, 2.24) is 5.32 Å². The summed E-state index contributed by atoms with van der Waals surface area (Å²) in [5.41, 5.74) is 1.55. The van der Waals surface area contributed by atoms with Gasteiger partial charge in [0.15, 0.2) is 0 Å².